The molecule has 108 valence electrons. The average molecular weight is 286 g/mol. The van der Waals surface area contributed by atoms with Gasteiger partial charge in [0.2, 0.25) is 5.88 Å². The van der Waals surface area contributed by atoms with Crippen LogP contribution in [0.4, 0.5) is 18.9 Å². The van der Waals surface area contributed by atoms with Crippen LogP contribution in [0.2, 0.25) is 0 Å². The van der Waals surface area contributed by atoms with E-state index in [1.165, 1.54) is 18.3 Å². The molecule has 2 N–H and O–H groups in total. The van der Waals surface area contributed by atoms with Crippen molar-refractivity contribution in [3.8, 4) is 11.7 Å². The molecule has 20 heavy (non-hydrogen) atoms. The highest BCUT2D eigenvalue weighted by Gasteiger charge is 2.33. The van der Waals surface area contributed by atoms with Gasteiger partial charge in [0.25, 0.3) is 0 Å². The Hall–Kier alpha value is -2.25. The van der Waals surface area contributed by atoms with Crippen molar-refractivity contribution >= 4 is 5.69 Å². The third-order valence-electron chi connectivity index (χ3n) is 2.43. The van der Waals surface area contributed by atoms with Gasteiger partial charge in [-0.1, -0.05) is 6.92 Å². The Morgan fingerprint density at radius 1 is 1.30 bits per heavy atom. The number of aromatic nitrogens is 3. The molecule has 0 unspecified atom stereocenters. The summed E-state index contributed by atoms with van der Waals surface area (Å²) < 4.78 is 43.8. The molecule has 0 aliphatic heterocycles. The SMILES string of the molecule is CCCOc1nc(-n2ccc(C(F)(F)F)n2)ccc1N. The average Bonchev–Trinajstić information content (AvgIpc) is 2.87. The predicted molar refractivity (Wildman–Crippen MR) is 66.6 cm³/mol. The lowest BCUT2D eigenvalue weighted by Crippen LogP contribution is -2.09. The quantitative estimate of drug-likeness (QED) is 0.938. The van der Waals surface area contributed by atoms with E-state index in [0.29, 0.717) is 12.3 Å². The van der Waals surface area contributed by atoms with Gasteiger partial charge in [0.05, 0.1) is 12.3 Å². The number of ether oxygens (including phenoxy) is 1. The molecular weight excluding hydrogens is 273 g/mol. The second kappa shape index (κ2) is 5.40. The minimum atomic E-state index is -4.49. The van der Waals surface area contributed by atoms with Crippen molar-refractivity contribution in [2.75, 3.05) is 12.3 Å². The predicted octanol–water partition coefficient (Wildman–Crippen LogP) is 2.66. The van der Waals surface area contributed by atoms with E-state index in [1.807, 2.05) is 6.92 Å². The highest BCUT2D eigenvalue weighted by Crippen LogP contribution is 2.28. The molecule has 2 heterocycles. The molecule has 0 saturated heterocycles. The van der Waals surface area contributed by atoms with Crippen molar-refractivity contribution in [2.45, 2.75) is 19.5 Å². The summed E-state index contributed by atoms with van der Waals surface area (Å²) >= 11 is 0. The molecule has 2 aromatic rings. The van der Waals surface area contributed by atoms with Crippen LogP contribution >= 0.6 is 0 Å². The molecule has 2 aromatic heterocycles. The number of alkyl halides is 3. The first kappa shape index (κ1) is 14.2. The zero-order valence-electron chi connectivity index (χ0n) is 10.7. The summed E-state index contributed by atoms with van der Waals surface area (Å²) in [6.45, 7) is 2.34. The van der Waals surface area contributed by atoms with Crippen molar-refractivity contribution in [1.82, 2.24) is 14.8 Å². The largest absolute Gasteiger partial charge is 0.476 e. The first-order chi connectivity index (χ1) is 9.41. The van der Waals surface area contributed by atoms with E-state index in [0.717, 1.165) is 17.2 Å². The molecule has 0 aliphatic rings. The Kier molecular flexibility index (Phi) is 3.82. The number of hydrogen-bond acceptors (Lipinski definition) is 4. The van der Waals surface area contributed by atoms with Crippen molar-refractivity contribution in [3.63, 3.8) is 0 Å². The fourth-order valence-electron chi connectivity index (χ4n) is 1.49. The van der Waals surface area contributed by atoms with Crippen LogP contribution in [0.5, 0.6) is 5.88 Å². The van der Waals surface area contributed by atoms with Crippen LogP contribution in [0.3, 0.4) is 0 Å². The molecule has 5 nitrogen and oxygen atoms in total. The molecule has 0 aromatic carbocycles. The van der Waals surface area contributed by atoms with Gasteiger partial charge in [-0.2, -0.15) is 23.3 Å². The number of rotatable bonds is 4. The summed E-state index contributed by atoms with van der Waals surface area (Å²) in [5.74, 6) is 0.397. The topological polar surface area (TPSA) is 66.0 Å². The van der Waals surface area contributed by atoms with Crippen LogP contribution in [-0.2, 0) is 6.18 Å². The zero-order chi connectivity index (χ0) is 14.8. The van der Waals surface area contributed by atoms with Gasteiger partial charge < -0.3 is 10.5 Å². The highest BCUT2D eigenvalue weighted by molar-refractivity contribution is 5.50. The number of halogens is 3. The van der Waals surface area contributed by atoms with Gasteiger partial charge in [-0.3, -0.25) is 0 Å². The smallest absolute Gasteiger partial charge is 0.435 e. The number of nitrogen functional groups attached to an aromatic ring is 1. The summed E-state index contributed by atoms with van der Waals surface area (Å²) in [6, 6.07) is 3.87. The van der Waals surface area contributed by atoms with Crippen LogP contribution in [0.15, 0.2) is 24.4 Å². The van der Waals surface area contributed by atoms with E-state index in [4.69, 9.17) is 10.5 Å². The van der Waals surface area contributed by atoms with E-state index >= 15 is 0 Å². The standard InChI is InChI=1S/C12H13F3N4O/c1-2-7-20-11-8(16)3-4-10(17-11)19-6-5-9(18-19)12(13,14)15/h3-6H,2,7,16H2,1H3. The third-order valence-corrected chi connectivity index (χ3v) is 2.43. The van der Waals surface area contributed by atoms with Crippen LogP contribution in [0.1, 0.15) is 19.0 Å². The maximum atomic E-state index is 12.5. The second-order valence-electron chi connectivity index (χ2n) is 4.06. The van der Waals surface area contributed by atoms with E-state index < -0.39 is 11.9 Å². The first-order valence-electron chi connectivity index (χ1n) is 5.94. The van der Waals surface area contributed by atoms with E-state index in [2.05, 4.69) is 10.1 Å². The Labute approximate surface area is 113 Å². The van der Waals surface area contributed by atoms with E-state index in [9.17, 15) is 13.2 Å². The van der Waals surface area contributed by atoms with Crippen LogP contribution in [0.25, 0.3) is 5.82 Å². The number of nitrogens with two attached hydrogens (primary N) is 1. The van der Waals surface area contributed by atoms with Gasteiger partial charge >= 0.3 is 6.18 Å². The second-order valence-corrected chi connectivity index (χ2v) is 4.06. The normalized spacial score (nSPS) is 11.6. The number of pyridine rings is 1. The van der Waals surface area contributed by atoms with Gasteiger partial charge in [0.15, 0.2) is 11.5 Å². The van der Waals surface area contributed by atoms with Crippen molar-refractivity contribution in [1.29, 1.82) is 0 Å². The Bertz CT molecular complexity index is 595. The van der Waals surface area contributed by atoms with Gasteiger partial charge in [-0.25, -0.2) is 4.68 Å². The maximum absolute atomic E-state index is 12.5. The fraction of sp³-hybridized carbons (Fsp3) is 0.333. The lowest BCUT2D eigenvalue weighted by atomic mass is 10.4. The lowest BCUT2D eigenvalue weighted by Gasteiger charge is -2.08. The minimum absolute atomic E-state index is 0.188. The molecule has 0 atom stereocenters. The first-order valence-corrected chi connectivity index (χ1v) is 5.94. The number of anilines is 1. The molecule has 0 bridgehead atoms. The molecule has 2 rings (SSSR count). The monoisotopic (exact) mass is 286 g/mol. The van der Waals surface area contributed by atoms with Crippen LogP contribution in [0, 0.1) is 0 Å². The molecule has 0 spiro atoms. The zero-order valence-corrected chi connectivity index (χ0v) is 10.7. The molecule has 0 aliphatic carbocycles. The van der Waals surface area contributed by atoms with Crippen LogP contribution < -0.4 is 10.5 Å². The number of nitrogens with zero attached hydrogens (tertiary/aromatic N) is 3. The molecular formula is C12H13F3N4O. The lowest BCUT2D eigenvalue weighted by molar-refractivity contribution is -0.141. The summed E-state index contributed by atoms with van der Waals surface area (Å²) in [7, 11) is 0. The summed E-state index contributed by atoms with van der Waals surface area (Å²) in [5.41, 5.74) is 5.03. The maximum Gasteiger partial charge on any atom is 0.435 e. The van der Waals surface area contributed by atoms with Gasteiger partial charge in [-0.05, 0) is 24.6 Å². The molecule has 0 radical (unpaired) electrons. The van der Waals surface area contributed by atoms with Gasteiger partial charge in [-0.15, -0.1) is 0 Å². The van der Waals surface area contributed by atoms with Gasteiger partial charge in [0, 0.05) is 6.20 Å². The van der Waals surface area contributed by atoms with Crippen molar-refractivity contribution in [2.24, 2.45) is 0 Å². The minimum Gasteiger partial charge on any atom is -0.476 e. The highest BCUT2D eigenvalue weighted by atomic mass is 19.4. The van der Waals surface area contributed by atoms with E-state index in [-0.39, 0.29) is 11.7 Å². The van der Waals surface area contributed by atoms with E-state index in [1.54, 1.807) is 0 Å². The molecule has 0 fully saturated rings. The van der Waals surface area contributed by atoms with Gasteiger partial charge in [0.1, 0.15) is 0 Å². The Morgan fingerprint density at radius 3 is 2.65 bits per heavy atom. The number of hydrogen-bond donors (Lipinski definition) is 1. The van der Waals surface area contributed by atoms with Crippen LogP contribution in [-0.4, -0.2) is 21.4 Å². The Balaban J connectivity index is 2.31. The van der Waals surface area contributed by atoms with Crippen molar-refractivity contribution < 1.29 is 17.9 Å². The summed E-state index contributed by atoms with van der Waals surface area (Å²) in [5, 5.41) is 3.44. The molecule has 0 saturated carbocycles. The third kappa shape index (κ3) is 3.01. The fourth-order valence-corrected chi connectivity index (χ4v) is 1.49. The summed E-state index contributed by atoms with van der Waals surface area (Å²) in [4.78, 5) is 4.06. The summed E-state index contributed by atoms with van der Waals surface area (Å²) in [6.07, 6.45) is -2.53. The van der Waals surface area contributed by atoms with Crippen molar-refractivity contribution in [3.05, 3.63) is 30.1 Å². The molecule has 0 amide bonds. The molecule has 8 heteroatoms. The Morgan fingerprint density at radius 2 is 2.05 bits per heavy atom.